The van der Waals surface area contributed by atoms with E-state index in [1.165, 1.54) is 11.1 Å². The van der Waals surface area contributed by atoms with Crippen molar-refractivity contribution in [2.75, 3.05) is 24.3 Å². The van der Waals surface area contributed by atoms with E-state index >= 15 is 0 Å². The van der Waals surface area contributed by atoms with Gasteiger partial charge in [-0.05, 0) is 42.2 Å². The third-order valence-corrected chi connectivity index (χ3v) is 4.10. The van der Waals surface area contributed by atoms with E-state index in [1.54, 1.807) is 25.3 Å². The Morgan fingerprint density at radius 3 is 2.38 bits per heavy atom. The van der Waals surface area contributed by atoms with Crippen LogP contribution < -0.4 is 15.4 Å². The first-order valence-corrected chi connectivity index (χ1v) is 8.44. The molecule has 0 unspecified atom stereocenters. The van der Waals surface area contributed by atoms with Crippen LogP contribution in [0.25, 0.3) is 0 Å². The van der Waals surface area contributed by atoms with Crippen LogP contribution in [0.4, 0.5) is 11.4 Å². The third kappa shape index (κ3) is 4.42. The van der Waals surface area contributed by atoms with Crippen LogP contribution in [0.3, 0.4) is 0 Å². The molecule has 0 heterocycles. The average Bonchev–Trinajstić information content (AvgIpc) is 2.59. The van der Waals surface area contributed by atoms with Gasteiger partial charge in [-0.3, -0.25) is 4.79 Å². The van der Waals surface area contributed by atoms with Crippen molar-refractivity contribution in [3.05, 3.63) is 52.5 Å². The van der Waals surface area contributed by atoms with Crippen molar-refractivity contribution in [3.63, 3.8) is 0 Å². The zero-order valence-electron chi connectivity index (χ0n) is 14.3. The van der Waals surface area contributed by atoms with Gasteiger partial charge in [-0.25, -0.2) is 0 Å². The molecule has 2 rings (SSSR count). The van der Waals surface area contributed by atoms with Gasteiger partial charge in [-0.1, -0.05) is 43.6 Å². The van der Waals surface area contributed by atoms with Crippen molar-refractivity contribution in [1.29, 1.82) is 0 Å². The third-order valence-electron chi connectivity index (χ3n) is 3.86. The van der Waals surface area contributed by atoms with Gasteiger partial charge in [-0.15, -0.1) is 0 Å². The number of aryl methyl sites for hydroxylation is 2. The maximum atomic E-state index is 12.3. The molecule has 0 aliphatic rings. The monoisotopic (exact) mass is 346 g/mol. The first kappa shape index (κ1) is 18.1. The molecule has 2 N–H and O–H groups in total. The molecule has 0 atom stereocenters. The molecular weight excluding hydrogens is 324 g/mol. The lowest BCUT2D eigenvalue weighted by atomic mass is 10.0. The Bertz CT molecular complexity index is 694. The molecule has 24 heavy (non-hydrogen) atoms. The topological polar surface area (TPSA) is 50.4 Å². The minimum Gasteiger partial charge on any atom is -0.495 e. The van der Waals surface area contributed by atoms with Crippen LogP contribution >= 0.6 is 11.6 Å². The number of nitrogens with one attached hydrogen (secondary N) is 2. The normalized spacial score (nSPS) is 10.3. The van der Waals surface area contributed by atoms with Gasteiger partial charge >= 0.3 is 0 Å². The zero-order chi connectivity index (χ0) is 17.5. The molecule has 0 radical (unpaired) electrons. The number of ether oxygens (including phenoxy) is 1. The molecule has 0 aliphatic heterocycles. The molecule has 0 saturated heterocycles. The van der Waals surface area contributed by atoms with Crippen LogP contribution in [0.1, 0.15) is 25.0 Å². The minimum absolute atomic E-state index is 0.150. The van der Waals surface area contributed by atoms with E-state index in [0.717, 1.165) is 18.5 Å². The maximum Gasteiger partial charge on any atom is 0.243 e. The summed E-state index contributed by atoms with van der Waals surface area (Å²) in [4.78, 5) is 12.3. The largest absolute Gasteiger partial charge is 0.495 e. The van der Waals surface area contributed by atoms with Crippen molar-refractivity contribution in [2.45, 2.75) is 26.7 Å². The lowest BCUT2D eigenvalue weighted by Gasteiger charge is -2.16. The van der Waals surface area contributed by atoms with Gasteiger partial charge in [0.1, 0.15) is 5.75 Å². The Kier molecular flexibility index (Phi) is 6.50. The van der Waals surface area contributed by atoms with Crippen LogP contribution in [0.5, 0.6) is 5.75 Å². The fourth-order valence-electron chi connectivity index (χ4n) is 2.61. The summed E-state index contributed by atoms with van der Waals surface area (Å²) in [6, 6.07) is 11.3. The lowest BCUT2D eigenvalue weighted by molar-refractivity contribution is -0.114. The summed E-state index contributed by atoms with van der Waals surface area (Å²) in [5.74, 6) is 0.430. The maximum absolute atomic E-state index is 12.3. The summed E-state index contributed by atoms with van der Waals surface area (Å²) in [5.41, 5.74) is 4.04. The number of anilines is 2. The van der Waals surface area contributed by atoms with E-state index in [9.17, 15) is 4.79 Å². The van der Waals surface area contributed by atoms with Crippen molar-refractivity contribution in [1.82, 2.24) is 0 Å². The predicted octanol–water partition coefficient (Wildman–Crippen LogP) is 4.52. The number of amides is 1. The van der Waals surface area contributed by atoms with Gasteiger partial charge in [0.05, 0.1) is 19.3 Å². The van der Waals surface area contributed by atoms with E-state index in [-0.39, 0.29) is 12.5 Å². The second-order valence-electron chi connectivity index (χ2n) is 5.40. The fourth-order valence-corrected chi connectivity index (χ4v) is 2.78. The lowest BCUT2D eigenvalue weighted by Crippen LogP contribution is -2.23. The number of hydrogen-bond acceptors (Lipinski definition) is 3. The highest BCUT2D eigenvalue weighted by atomic mass is 35.5. The van der Waals surface area contributed by atoms with Crippen molar-refractivity contribution in [2.24, 2.45) is 0 Å². The van der Waals surface area contributed by atoms with Crippen LogP contribution in [0.15, 0.2) is 36.4 Å². The van der Waals surface area contributed by atoms with E-state index in [1.807, 2.05) is 0 Å². The highest BCUT2D eigenvalue weighted by molar-refractivity contribution is 6.31. The number of para-hydroxylation sites is 1. The zero-order valence-corrected chi connectivity index (χ0v) is 15.0. The molecule has 2 aromatic rings. The summed E-state index contributed by atoms with van der Waals surface area (Å²) in [5, 5.41) is 6.65. The molecule has 0 spiro atoms. The molecular formula is C19H23ClN2O2. The van der Waals surface area contributed by atoms with Crippen LogP contribution in [0, 0.1) is 0 Å². The average molecular weight is 347 g/mol. The first-order valence-electron chi connectivity index (χ1n) is 8.07. The summed E-state index contributed by atoms with van der Waals surface area (Å²) in [6.07, 6.45) is 1.83. The molecule has 2 aromatic carbocycles. The Hall–Kier alpha value is -2.20. The molecule has 128 valence electrons. The minimum atomic E-state index is -0.150. The predicted molar refractivity (Wildman–Crippen MR) is 100 cm³/mol. The molecule has 0 fully saturated rings. The molecule has 0 aromatic heterocycles. The summed E-state index contributed by atoms with van der Waals surface area (Å²) < 4.78 is 5.24. The number of hydrogen-bond donors (Lipinski definition) is 2. The van der Waals surface area contributed by atoms with Crippen molar-refractivity contribution >= 4 is 28.9 Å². The molecule has 0 bridgehead atoms. The van der Waals surface area contributed by atoms with Gasteiger partial charge in [0, 0.05) is 10.7 Å². The van der Waals surface area contributed by atoms with E-state index in [2.05, 4.69) is 42.7 Å². The Balaban J connectivity index is 2.08. The number of carbonyl (C=O) groups excluding carboxylic acids is 1. The second-order valence-corrected chi connectivity index (χ2v) is 5.84. The highest BCUT2D eigenvalue weighted by Gasteiger charge is 2.11. The van der Waals surface area contributed by atoms with Crippen LogP contribution in [-0.4, -0.2) is 19.6 Å². The number of halogens is 1. The quantitative estimate of drug-likeness (QED) is 0.774. The first-order chi connectivity index (χ1) is 11.6. The van der Waals surface area contributed by atoms with Crippen molar-refractivity contribution in [3.8, 4) is 5.75 Å². The number of methoxy groups -OCH3 is 1. The molecule has 5 heteroatoms. The van der Waals surface area contributed by atoms with Gasteiger partial charge in [0.15, 0.2) is 0 Å². The van der Waals surface area contributed by atoms with E-state index < -0.39 is 0 Å². The standard InChI is InChI=1S/C19H23ClN2O2/c1-4-13-7-6-8-14(5-2)19(13)21-12-18(23)22-16-11-15(20)9-10-17(16)24-3/h6-11,21H,4-5,12H2,1-3H3,(H,22,23). The Morgan fingerprint density at radius 2 is 1.79 bits per heavy atom. The fraction of sp³-hybridized carbons (Fsp3) is 0.316. The van der Waals surface area contributed by atoms with Crippen LogP contribution in [-0.2, 0) is 17.6 Å². The van der Waals surface area contributed by atoms with Gasteiger partial charge in [-0.2, -0.15) is 0 Å². The van der Waals surface area contributed by atoms with Gasteiger partial charge in [0.25, 0.3) is 0 Å². The Morgan fingerprint density at radius 1 is 1.12 bits per heavy atom. The van der Waals surface area contributed by atoms with E-state index in [0.29, 0.717) is 16.5 Å². The van der Waals surface area contributed by atoms with Gasteiger partial charge < -0.3 is 15.4 Å². The molecule has 4 nitrogen and oxygen atoms in total. The SMILES string of the molecule is CCc1cccc(CC)c1NCC(=O)Nc1cc(Cl)ccc1OC. The number of benzene rings is 2. The highest BCUT2D eigenvalue weighted by Crippen LogP contribution is 2.28. The van der Waals surface area contributed by atoms with Gasteiger partial charge in [0.2, 0.25) is 5.91 Å². The molecule has 0 saturated carbocycles. The number of rotatable bonds is 7. The summed E-state index contributed by atoms with van der Waals surface area (Å²) in [6.45, 7) is 4.40. The Labute approximate surface area is 148 Å². The molecule has 1 amide bonds. The summed E-state index contributed by atoms with van der Waals surface area (Å²) in [7, 11) is 1.56. The van der Waals surface area contributed by atoms with Crippen LogP contribution in [0.2, 0.25) is 5.02 Å². The summed E-state index contributed by atoms with van der Waals surface area (Å²) >= 11 is 5.99. The number of carbonyl (C=O) groups is 1. The van der Waals surface area contributed by atoms with Crippen molar-refractivity contribution < 1.29 is 9.53 Å². The molecule has 0 aliphatic carbocycles. The second kappa shape index (κ2) is 8.60. The van der Waals surface area contributed by atoms with E-state index in [4.69, 9.17) is 16.3 Å². The smallest absolute Gasteiger partial charge is 0.243 e.